The molecule has 0 aliphatic carbocycles. The van der Waals surface area contributed by atoms with Crippen LogP contribution in [-0.4, -0.2) is 21.6 Å². The number of hydrogen-bond donors (Lipinski definition) is 0. The summed E-state index contributed by atoms with van der Waals surface area (Å²) in [6.45, 7) is 7.13. The van der Waals surface area contributed by atoms with Crippen molar-refractivity contribution in [3.05, 3.63) is 21.7 Å². The average Bonchev–Trinajstić information content (AvgIpc) is 2.15. The van der Waals surface area contributed by atoms with Crippen LogP contribution in [0.1, 0.15) is 27.2 Å². The summed E-state index contributed by atoms with van der Waals surface area (Å²) in [6.07, 6.45) is 0.967. The summed E-state index contributed by atoms with van der Waals surface area (Å²) in [6, 6.07) is 2.55. The first kappa shape index (κ1) is 11.5. The first-order chi connectivity index (χ1) is 7.50. The molecule has 0 spiro atoms. The van der Waals surface area contributed by atoms with Gasteiger partial charge in [0.1, 0.15) is 11.0 Å². The van der Waals surface area contributed by atoms with E-state index in [0.717, 1.165) is 18.8 Å². The van der Waals surface area contributed by atoms with Crippen LogP contribution in [-0.2, 0) is 6.54 Å². The Morgan fingerprint density at radius 3 is 2.88 bits per heavy atom. The lowest BCUT2D eigenvalue weighted by atomic mass is 10.1. The van der Waals surface area contributed by atoms with Gasteiger partial charge in [-0.3, -0.25) is 4.57 Å². The van der Waals surface area contributed by atoms with Crippen molar-refractivity contribution in [2.45, 2.75) is 45.8 Å². The van der Waals surface area contributed by atoms with Crippen molar-refractivity contribution in [1.29, 1.82) is 0 Å². The summed E-state index contributed by atoms with van der Waals surface area (Å²) in [5, 5.41) is 0.274. The molecule has 88 valence electrons. The molecule has 1 aliphatic heterocycles. The van der Waals surface area contributed by atoms with Crippen LogP contribution in [0.4, 0.5) is 5.82 Å². The first-order valence-corrected chi connectivity index (χ1v) is 5.94. The van der Waals surface area contributed by atoms with E-state index in [9.17, 15) is 4.79 Å². The van der Waals surface area contributed by atoms with E-state index in [1.807, 2.05) is 0 Å². The van der Waals surface area contributed by atoms with E-state index in [2.05, 4.69) is 30.7 Å². The molecule has 0 saturated heterocycles. The molecule has 0 bridgehead atoms. The molecule has 1 aromatic heterocycles. The SMILES string of the molecule is CC(C)N1c2cc(Cl)nc(=O)n2CC[C@@H]1C. The van der Waals surface area contributed by atoms with Gasteiger partial charge in [-0.2, -0.15) is 4.98 Å². The molecule has 16 heavy (non-hydrogen) atoms. The van der Waals surface area contributed by atoms with Crippen molar-refractivity contribution in [1.82, 2.24) is 9.55 Å². The van der Waals surface area contributed by atoms with E-state index in [1.165, 1.54) is 0 Å². The minimum atomic E-state index is -0.250. The van der Waals surface area contributed by atoms with Crippen LogP contribution in [0.5, 0.6) is 0 Å². The van der Waals surface area contributed by atoms with Crippen LogP contribution in [0.25, 0.3) is 0 Å². The molecule has 1 aromatic rings. The number of rotatable bonds is 1. The Hall–Kier alpha value is -1.03. The maximum atomic E-state index is 11.7. The lowest BCUT2D eigenvalue weighted by Crippen LogP contribution is -2.47. The maximum Gasteiger partial charge on any atom is 0.350 e. The Balaban J connectivity index is 2.59. The molecule has 1 aliphatic rings. The molecule has 1 atom stereocenters. The highest BCUT2D eigenvalue weighted by molar-refractivity contribution is 6.29. The molecular formula is C11H16ClN3O. The number of hydrogen-bond acceptors (Lipinski definition) is 3. The largest absolute Gasteiger partial charge is 0.353 e. The zero-order valence-electron chi connectivity index (χ0n) is 9.77. The Bertz CT molecular complexity index is 455. The second-order valence-corrected chi connectivity index (χ2v) is 4.90. The zero-order chi connectivity index (χ0) is 11.9. The van der Waals surface area contributed by atoms with E-state index >= 15 is 0 Å². The van der Waals surface area contributed by atoms with Gasteiger partial charge in [-0.05, 0) is 27.2 Å². The molecule has 0 fully saturated rings. The van der Waals surface area contributed by atoms with Crippen molar-refractivity contribution >= 4 is 17.4 Å². The Morgan fingerprint density at radius 1 is 1.56 bits per heavy atom. The third kappa shape index (κ3) is 1.82. The predicted molar refractivity (Wildman–Crippen MR) is 65.2 cm³/mol. The van der Waals surface area contributed by atoms with Gasteiger partial charge in [0.05, 0.1) is 0 Å². The molecule has 0 unspecified atom stereocenters. The molecule has 5 heteroatoms. The number of fused-ring (bicyclic) bond motifs is 1. The Kier molecular flexibility index (Phi) is 2.93. The van der Waals surface area contributed by atoms with Crippen LogP contribution < -0.4 is 10.6 Å². The standard InChI is InChI=1S/C11H16ClN3O/c1-7(2)15-8(3)4-5-14-10(15)6-9(12)13-11(14)16/h6-8H,4-5H2,1-3H3/t8-/m0/s1. The summed E-state index contributed by atoms with van der Waals surface area (Å²) in [5.41, 5.74) is -0.250. The van der Waals surface area contributed by atoms with Crippen LogP contribution >= 0.6 is 11.6 Å². The van der Waals surface area contributed by atoms with Crippen molar-refractivity contribution in [2.24, 2.45) is 0 Å². The van der Waals surface area contributed by atoms with Gasteiger partial charge < -0.3 is 4.90 Å². The molecule has 2 heterocycles. The van der Waals surface area contributed by atoms with Gasteiger partial charge in [-0.25, -0.2) is 4.79 Å². The molecule has 4 nitrogen and oxygen atoms in total. The van der Waals surface area contributed by atoms with Gasteiger partial charge in [0.2, 0.25) is 0 Å². The molecule has 0 aromatic carbocycles. The highest BCUT2D eigenvalue weighted by atomic mass is 35.5. The van der Waals surface area contributed by atoms with Crippen LogP contribution in [0, 0.1) is 0 Å². The Labute approximate surface area is 99.9 Å². The molecule has 0 saturated carbocycles. The fraction of sp³-hybridized carbons (Fsp3) is 0.636. The first-order valence-electron chi connectivity index (χ1n) is 5.56. The van der Waals surface area contributed by atoms with E-state index in [1.54, 1.807) is 10.6 Å². The zero-order valence-corrected chi connectivity index (χ0v) is 10.5. The molecule has 0 N–H and O–H groups in total. The summed E-state index contributed by atoms with van der Waals surface area (Å²) in [4.78, 5) is 17.7. The summed E-state index contributed by atoms with van der Waals surface area (Å²) < 4.78 is 1.70. The van der Waals surface area contributed by atoms with Crippen molar-refractivity contribution in [2.75, 3.05) is 4.90 Å². The van der Waals surface area contributed by atoms with Gasteiger partial charge in [-0.1, -0.05) is 11.6 Å². The smallest absolute Gasteiger partial charge is 0.350 e. The van der Waals surface area contributed by atoms with E-state index in [0.29, 0.717) is 12.1 Å². The third-order valence-electron chi connectivity index (χ3n) is 3.02. The second kappa shape index (κ2) is 4.09. The van der Waals surface area contributed by atoms with Crippen LogP contribution in [0.15, 0.2) is 10.9 Å². The van der Waals surface area contributed by atoms with Gasteiger partial charge in [0, 0.05) is 24.7 Å². The summed E-state index contributed by atoms with van der Waals surface area (Å²) in [7, 11) is 0. The Morgan fingerprint density at radius 2 is 2.25 bits per heavy atom. The van der Waals surface area contributed by atoms with E-state index in [4.69, 9.17) is 11.6 Å². The second-order valence-electron chi connectivity index (χ2n) is 4.51. The monoisotopic (exact) mass is 241 g/mol. The van der Waals surface area contributed by atoms with Gasteiger partial charge in [-0.15, -0.1) is 0 Å². The number of anilines is 1. The summed E-state index contributed by atoms with van der Waals surface area (Å²) in [5.74, 6) is 0.888. The fourth-order valence-electron chi connectivity index (χ4n) is 2.34. The van der Waals surface area contributed by atoms with E-state index < -0.39 is 0 Å². The number of aromatic nitrogens is 2. The topological polar surface area (TPSA) is 38.1 Å². The lowest BCUT2D eigenvalue weighted by Gasteiger charge is -2.40. The minimum Gasteiger partial charge on any atom is -0.353 e. The minimum absolute atomic E-state index is 0.250. The molecule has 2 rings (SSSR count). The lowest BCUT2D eigenvalue weighted by molar-refractivity contribution is 0.436. The van der Waals surface area contributed by atoms with E-state index in [-0.39, 0.29) is 10.8 Å². The van der Waals surface area contributed by atoms with Gasteiger partial charge >= 0.3 is 5.69 Å². The van der Waals surface area contributed by atoms with Gasteiger partial charge in [0.25, 0.3) is 0 Å². The summed E-state index contributed by atoms with van der Waals surface area (Å²) >= 11 is 5.85. The van der Waals surface area contributed by atoms with Crippen LogP contribution in [0.3, 0.4) is 0 Å². The fourth-order valence-corrected chi connectivity index (χ4v) is 2.51. The van der Waals surface area contributed by atoms with Gasteiger partial charge in [0.15, 0.2) is 0 Å². The maximum absolute atomic E-state index is 11.7. The number of nitrogens with zero attached hydrogens (tertiary/aromatic N) is 3. The molecule has 0 amide bonds. The third-order valence-corrected chi connectivity index (χ3v) is 3.22. The molecular weight excluding hydrogens is 226 g/mol. The van der Waals surface area contributed by atoms with Crippen molar-refractivity contribution < 1.29 is 0 Å². The predicted octanol–water partition coefficient (Wildman–Crippen LogP) is 1.90. The number of halogens is 1. The normalized spacial score (nSPS) is 20.1. The quantitative estimate of drug-likeness (QED) is 0.705. The molecule has 0 radical (unpaired) electrons. The van der Waals surface area contributed by atoms with Crippen molar-refractivity contribution in [3.8, 4) is 0 Å². The van der Waals surface area contributed by atoms with Crippen molar-refractivity contribution in [3.63, 3.8) is 0 Å². The highest BCUT2D eigenvalue weighted by Crippen LogP contribution is 2.26. The average molecular weight is 242 g/mol. The highest BCUT2D eigenvalue weighted by Gasteiger charge is 2.26. The van der Waals surface area contributed by atoms with Crippen LogP contribution in [0.2, 0.25) is 5.15 Å².